The number of pyridine rings is 1. The highest BCUT2D eigenvalue weighted by Gasteiger charge is 2.57. The van der Waals surface area contributed by atoms with Crippen molar-refractivity contribution in [1.29, 1.82) is 0 Å². The number of carboxylic acid groups (broad SMARTS) is 1. The molecule has 2 aliphatic heterocycles. The summed E-state index contributed by atoms with van der Waals surface area (Å²) >= 11 is 0. The Morgan fingerprint density at radius 3 is 2.57 bits per heavy atom. The van der Waals surface area contributed by atoms with Gasteiger partial charge in [-0.25, -0.2) is 23.0 Å². The number of imidazole rings is 1. The molecule has 2 saturated heterocycles. The van der Waals surface area contributed by atoms with E-state index in [0.29, 0.717) is 26.2 Å². The van der Waals surface area contributed by atoms with Gasteiger partial charge in [-0.05, 0) is 54.9 Å². The fourth-order valence-electron chi connectivity index (χ4n) is 6.42. The summed E-state index contributed by atoms with van der Waals surface area (Å²) < 4.78 is 57.0. The molecule has 3 fully saturated rings. The normalized spacial score (nSPS) is 20.4. The highest BCUT2D eigenvalue weighted by atomic mass is 19.1. The lowest BCUT2D eigenvalue weighted by molar-refractivity contribution is -0.255. The average molecular weight is 603 g/mol. The van der Waals surface area contributed by atoms with E-state index in [2.05, 4.69) is 14.4 Å². The lowest BCUT2D eigenvalue weighted by atomic mass is 9.90. The monoisotopic (exact) mass is 602 g/mol. The number of aromatic carboxylic acids is 1. The van der Waals surface area contributed by atoms with Gasteiger partial charge in [0.1, 0.15) is 18.2 Å². The molecule has 2 aromatic carbocycles. The first kappa shape index (κ1) is 28.2. The van der Waals surface area contributed by atoms with E-state index >= 15 is 0 Å². The Balaban J connectivity index is 1.07. The Kier molecular flexibility index (Phi) is 6.93. The fraction of sp³-hybridized carbons (Fsp3) is 0.375. The van der Waals surface area contributed by atoms with Gasteiger partial charge >= 0.3 is 0 Å². The van der Waals surface area contributed by atoms with Gasteiger partial charge in [-0.3, -0.25) is 0 Å². The number of anilines is 1. The third-order valence-electron chi connectivity index (χ3n) is 9.16. The molecular formula is C32H27F3N5O4-. The van der Waals surface area contributed by atoms with Crippen LogP contribution in [-0.4, -0.2) is 46.3 Å². The van der Waals surface area contributed by atoms with Crippen molar-refractivity contribution in [3.8, 4) is 5.88 Å². The molecule has 0 radical (unpaired) electrons. The zero-order chi connectivity index (χ0) is 30.6. The third-order valence-corrected chi connectivity index (χ3v) is 9.16. The first-order valence-electron chi connectivity index (χ1n) is 14.5. The molecule has 44 heavy (non-hydrogen) atoms. The van der Waals surface area contributed by atoms with E-state index in [4.69, 9.17) is 21.0 Å². The summed E-state index contributed by atoms with van der Waals surface area (Å²) in [4.78, 5) is 25.5. The van der Waals surface area contributed by atoms with Crippen LogP contribution in [0.25, 0.3) is 15.9 Å². The number of benzene rings is 2. The minimum atomic E-state index is -1.24. The van der Waals surface area contributed by atoms with Crippen molar-refractivity contribution in [2.45, 2.75) is 50.9 Å². The maximum atomic E-state index is 14.9. The van der Waals surface area contributed by atoms with E-state index in [1.165, 1.54) is 18.2 Å². The van der Waals surface area contributed by atoms with Crippen LogP contribution in [0.5, 0.6) is 5.88 Å². The van der Waals surface area contributed by atoms with Crippen molar-refractivity contribution in [2.75, 3.05) is 24.6 Å². The van der Waals surface area contributed by atoms with Crippen LogP contribution < -0.4 is 14.7 Å². The van der Waals surface area contributed by atoms with Gasteiger partial charge in [0.15, 0.2) is 23.1 Å². The minimum Gasteiger partial charge on any atom is -0.545 e. The summed E-state index contributed by atoms with van der Waals surface area (Å²) in [6, 6.07) is 9.44. The predicted octanol–water partition coefficient (Wildman–Crippen LogP) is 4.90. The molecule has 0 bridgehead atoms. The van der Waals surface area contributed by atoms with Gasteiger partial charge in [0.2, 0.25) is 0 Å². The number of hydrogen-bond donors (Lipinski definition) is 0. The van der Waals surface area contributed by atoms with Crippen LogP contribution in [0.2, 0.25) is 0 Å². The second-order valence-corrected chi connectivity index (χ2v) is 11.7. The van der Waals surface area contributed by atoms with Crippen molar-refractivity contribution >= 4 is 28.5 Å². The van der Waals surface area contributed by atoms with Crippen molar-refractivity contribution in [2.24, 2.45) is 5.41 Å². The van der Waals surface area contributed by atoms with E-state index in [0.717, 1.165) is 54.7 Å². The Labute approximate surface area is 250 Å². The second kappa shape index (κ2) is 10.8. The molecule has 1 spiro atoms. The largest absolute Gasteiger partial charge is 0.545 e. The van der Waals surface area contributed by atoms with Crippen LogP contribution in [-0.2, 0) is 17.9 Å². The minimum absolute atomic E-state index is 0.0264. The molecule has 2 aromatic heterocycles. The molecule has 1 saturated carbocycles. The van der Waals surface area contributed by atoms with Crippen LogP contribution in [0.1, 0.15) is 53.3 Å². The van der Waals surface area contributed by atoms with E-state index in [-0.39, 0.29) is 46.7 Å². The van der Waals surface area contributed by atoms with Crippen molar-refractivity contribution in [1.82, 2.24) is 14.5 Å². The van der Waals surface area contributed by atoms with E-state index < -0.39 is 29.3 Å². The number of rotatable bonds is 8. The van der Waals surface area contributed by atoms with Gasteiger partial charge in [0.25, 0.3) is 5.88 Å². The molecule has 2 atom stereocenters. The number of carbonyl (C=O) groups is 1. The molecule has 1 aliphatic carbocycles. The topological polar surface area (TPSA) is 96.9 Å². The summed E-state index contributed by atoms with van der Waals surface area (Å²) in [5.41, 5.74) is 1.77. The fourth-order valence-corrected chi connectivity index (χ4v) is 6.42. The zero-order valence-electron chi connectivity index (χ0n) is 23.6. The smallest absolute Gasteiger partial charge is 0.252 e. The molecule has 1 unspecified atom stereocenters. The van der Waals surface area contributed by atoms with Crippen molar-refractivity contribution in [3.05, 3.63) is 88.3 Å². The Morgan fingerprint density at radius 1 is 1.09 bits per heavy atom. The summed E-state index contributed by atoms with van der Waals surface area (Å²) in [7, 11) is 0. The molecule has 226 valence electrons. The van der Waals surface area contributed by atoms with Crippen molar-refractivity contribution < 1.29 is 32.5 Å². The highest BCUT2D eigenvalue weighted by Crippen LogP contribution is 2.65. The number of carboxylic acids is 1. The Hall–Kier alpha value is -4.63. The maximum absolute atomic E-state index is 14.9. The van der Waals surface area contributed by atoms with Gasteiger partial charge in [-0.2, -0.15) is 4.98 Å². The molecule has 4 aromatic rings. The molecule has 0 N–H and O–H groups in total. The van der Waals surface area contributed by atoms with E-state index in [1.807, 2.05) is 0 Å². The molecule has 9 nitrogen and oxygen atoms in total. The summed E-state index contributed by atoms with van der Waals surface area (Å²) in [6.07, 6.45) is 3.34. The van der Waals surface area contributed by atoms with E-state index in [9.17, 15) is 23.1 Å². The Morgan fingerprint density at radius 2 is 1.89 bits per heavy atom. The number of ether oxygens (including phenoxy) is 2. The lowest BCUT2D eigenvalue weighted by Crippen LogP contribution is -2.36. The van der Waals surface area contributed by atoms with Gasteiger partial charge in [0.05, 0.1) is 36.2 Å². The molecule has 7 rings (SSSR count). The molecule has 4 heterocycles. The number of fused-ring (bicyclic) bond motifs is 1. The molecule has 3 aliphatic rings. The maximum Gasteiger partial charge on any atom is 0.252 e. The summed E-state index contributed by atoms with van der Waals surface area (Å²) in [5, 5.41) is 11.5. The van der Waals surface area contributed by atoms with Gasteiger partial charge < -0.3 is 28.8 Å². The number of nitrogens with zero attached hydrogens (tertiary/aromatic N) is 5. The number of piperidine rings is 1. The molecule has 0 amide bonds. The number of halogens is 3. The standard InChI is InChI=1S/C32H28F3N5O4/c1-36-20-4-2-19(23(33)13-20)17-44-30-25(35)14-24(34)29(38-30)39-9-7-32(8-10-39)15-22(32)28-37-26-5-3-18(31(41)42)12-27(26)40(28)16-21-6-11-43-21/h2-5,12-14,21-22H,6-11,15-17H2,(H,41,42)/p-1/t21-,22?/m0/s1. The summed E-state index contributed by atoms with van der Waals surface area (Å²) in [5.74, 6) is -3.10. The van der Waals surface area contributed by atoms with Crippen LogP contribution >= 0.6 is 0 Å². The SMILES string of the molecule is [C-]#[N+]c1ccc(COc2nc(N3CCC4(CC3)CC4c3nc4ccc(C(=O)[O-])cc4n3C[C@@H]3CCO3)c(F)cc2F)c(F)c1. The zero-order valence-corrected chi connectivity index (χ0v) is 23.6. The van der Waals surface area contributed by atoms with Gasteiger partial charge in [-0.15, -0.1) is 0 Å². The van der Waals surface area contributed by atoms with Crippen LogP contribution in [0.3, 0.4) is 0 Å². The average Bonchev–Trinajstić information content (AvgIpc) is 3.56. The lowest BCUT2D eigenvalue weighted by Gasteiger charge is -2.34. The molecule has 12 heteroatoms. The third kappa shape index (κ3) is 5.01. The Bertz CT molecular complexity index is 1820. The van der Waals surface area contributed by atoms with Gasteiger partial charge in [0, 0.05) is 37.2 Å². The van der Waals surface area contributed by atoms with E-state index in [1.54, 1.807) is 17.0 Å². The van der Waals surface area contributed by atoms with Crippen molar-refractivity contribution in [3.63, 3.8) is 0 Å². The quantitative estimate of drug-likeness (QED) is 0.265. The highest BCUT2D eigenvalue weighted by molar-refractivity contribution is 5.91. The number of hydrogen-bond acceptors (Lipinski definition) is 7. The first-order chi connectivity index (χ1) is 21.2. The van der Waals surface area contributed by atoms with Crippen LogP contribution in [0.4, 0.5) is 24.7 Å². The first-order valence-corrected chi connectivity index (χ1v) is 14.5. The predicted molar refractivity (Wildman–Crippen MR) is 151 cm³/mol. The van der Waals surface area contributed by atoms with Crippen LogP contribution in [0, 0.1) is 29.4 Å². The van der Waals surface area contributed by atoms with Gasteiger partial charge in [-0.1, -0.05) is 18.2 Å². The number of carbonyl (C=O) groups excluding carboxylic acids is 1. The molecular weight excluding hydrogens is 575 g/mol. The number of aromatic nitrogens is 3. The van der Waals surface area contributed by atoms with Crippen LogP contribution in [0.15, 0.2) is 42.5 Å². The second-order valence-electron chi connectivity index (χ2n) is 11.7. The summed E-state index contributed by atoms with van der Waals surface area (Å²) in [6.45, 7) is 8.91.